The van der Waals surface area contributed by atoms with E-state index in [1.807, 2.05) is 0 Å². The lowest BCUT2D eigenvalue weighted by Crippen LogP contribution is -2.67. The second kappa shape index (κ2) is 7.55. The van der Waals surface area contributed by atoms with E-state index in [-0.39, 0.29) is 34.7 Å². The Morgan fingerprint density at radius 2 is 1.90 bits per heavy atom. The molecule has 4 amide bonds. The number of carbonyl (C=O) groups excluding carboxylic acids is 3. The third-order valence-corrected chi connectivity index (χ3v) is 6.63. The molecule has 156 valence electrons. The van der Waals surface area contributed by atoms with Gasteiger partial charge in [-0.05, 0) is 43.7 Å². The predicted molar refractivity (Wildman–Crippen MR) is 101 cm³/mol. The SMILES string of the molecule is O=C1CC2(CC(C(=O)NC(c3c(F)ccc(Cl)c3F)C3CCCC3)C2)NC(=O)N1. The fraction of sp³-hybridized carbons (Fsp3) is 0.550. The molecule has 1 aromatic carbocycles. The number of hydrogen-bond acceptors (Lipinski definition) is 3. The van der Waals surface area contributed by atoms with E-state index in [0.29, 0.717) is 12.8 Å². The summed E-state index contributed by atoms with van der Waals surface area (Å²) in [5.41, 5.74) is -0.909. The van der Waals surface area contributed by atoms with Gasteiger partial charge < -0.3 is 10.6 Å². The molecule has 1 aliphatic heterocycles. The van der Waals surface area contributed by atoms with Gasteiger partial charge in [0.25, 0.3) is 0 Å². The highest BCUT2D eigenvalue weighted by molar-refractivity contribution is 6.30. The van der Waals surface area contributed by atoms with Crippen LogP contribution in [0.4, 0.5) is 13.6 Å². The molecule has 6 nitrogen and oxygen atoms in total. The first-order valence-corrected chi connectivity index (χ1v) is 10.2. The van der Waals surface area contributed by atoms with Crippen molar-refractivity contribution in [3.05, 3.63) is 34.4 Å². The molecule has 9 heteroatoms. The first kappa shape index (κ1) is 20.1. The van der Waals surface area contributed by atoms with Crippen LogP contribution < -0.4 is 16.0 Å². The van der Waals surface area contributed by atoms with Crippen LogP contribution in [0.3, 0.4) is 0 Å². The lowest BCUT2D eigenvalue weighted by atomic mass is 9.65. The van der Waals surface area contributed by atoms with Crippen LogP contribution in [0, 0.1) is 23.5 Å². The van der Waals surface area contributed by atoms with Crippen molar-refractivity contribution < 1.29 is 23.2 Å². The molecule has 0 aromatic heterocycles. The molecule has 2 saturated carbocycles. The summed E-state index contributed by atoms with van der Waals surface area (Å²) in [7, 11) is 0. The average Bonchev–Trinajstić information content (AvgIpc) is 3.15. The van der Waals surface area contributed by atoms with Crippen molar-refractivity contribution in [2.45, 2.75) is 56.5 Å². The third-order valence-electron chi connectivity index (χ3n) is 6.34. The molecule has 3 fully saturated rings. The fourth-order valence-electron chi connectivity index (χ4n) is 4.93. The van der Waals surface area contributed by atoms with Gasteiger partial charge in [-0.2, -0.15) is 0 Å². The smallest absolute Gasteiger partial charge is 0.321 e. The molecule has 1 atom stereocenters. The summed E-state index contributed by atoms with van der Waals surface area (Å²) in [6.07, 6.45) is 4.16. The van der Waals surface area contributed by atoms with Crippen LogP contribution in [0.25, 0.3) is 0 Å². The highest BCUT2D eigenvalue weighted by Crippen LogP contribution is 2.43. The first-order chi connectivity index (χ1) is 13.8. The Morgan fingerprint density at radius 3 is 2.55 bits per heavy atom. The first-order valence-electron chi connectivity index (χ1n) is 9.84. The van der Waals surface area contributed by atoms with Crippen molar-refractivity contribution in [3.63, 3.8) is 0 Å². The lowest BCUT2D eigenvalue weighted by Gasteiger charge is -2.49. The van der Waals surface area contributed by atoms with Gasteiger partial charge in [-0.15, -0.1) is 0 Å². The molecule has 2 aliphatic carbocycles. The molecule has 1 heterocycles. The molecule has 1 unspecified atom stereocenters. The number of hydrogen-bond donors (Lipinski definition) is 3. The highest BCUT2D eigenvalue weighted by atomic mass is 35.5. The predicted octanol–water partition coefficient (Wildman–Crippen LogP) is 3.34. The Bertz CT molecular complexity index is 849. The zero-order chi connectivity index (χ0) is 20.8. The topological polar surface area (TPSA) is 87.3 Å². The number of nitrogens with one attached hydrogen (secondary N) is 3. The Kier molecular flexibility index (Phi) is 5.23. The summed E-state index contributed by atoms with van der Waals surface area (Å²) in [5.74, 6) is -2.78. The summed E-state index contributed by atoms with van der Waals surface area (Å²) in [6.45, 7) is 0. The molecule has 1 saturated heterocycles. The van der Waals surface area contributed by atoms with Gasteiger partial charge in [-0.25, -0.2) is 13.6 Å². The van der Waals surface area contributed by atoms with E-state index in [2.05, 4.69) is 16.0 Å². The van der Waals surface area contributed by atoms with Crippen LogP contribution >= 0.6 is 11.6 Å². The molecule has 29 heavy (non-hydrogen) atoms. The summed E-state index contributed by atoms with van der Waals surface area (Å²) in [6, 6.07) is 0.913. The van der Waals surface area contributed by atoms with E-state index in [0.717, 1.165) is 37.8 Å². The van der Waals surface area contributed by atoms with E-state index >= 15 is 0 Å². The van der Waals surface area contributed by atoms with Crippen molar-refractivity contribution in [2.24, 2.45) is 11.8 Å². The van der Waals surface area contributed by atoms with Crippen LogP contribution in [0.1, 0.15) is 56.6 Å². The maximum Gasteiger partial charge on any atom is 0.321 e. The zero-order valence-electron chi connectivity index (χ0n) is 15.7. The minimum atomic E-state index is -0.842. The maximum absolute atomic E-state index is 14.7. The van der Waals surface area contributed by atoms with E-state index in [1.165, 1.54) is 0 Å². The summed E-state index contributed by atoms with van der Waals surface area (Å²) >= 11 is 5.87. The molecule has 3 N–H and O–H groups in total. The summed E-state index contributed by atoms with van der Waals surface area (Å²) in [5, 5.41) is 7.55. The molecule has 0 bridgehead atoms. The number of carbonyl (C=O) groups is 3. The van der Waals surface area contributed by atoms with Crippen LogP contribution in [-0.2, 0) is 9.59 Å². The Balaban J connectivity index is 1.51. The number of benzene rings is 1. The molecular weight excluding hydrogens is 404 g/mol. The minimum absolute atomic E-state index is 0.0735. The zero-order valence-corrected chi connectivity index (χ0v) is 16.5. The normalized spacial score (nSPS) is 27.9. The quantitative estimate of drug-likeness (QED) is 0.646. The van der Waals surface area contributed by atoms with E-state index in [4.69, 9.17) is 11.6 Å². The van der Waals surface area contributed by atoms with Crippen LogP contribution in [0.15, 0.2) is 12.1 Å². The highest BCUT2D eigenvalue weighted by Gasteiger charge is 2.52. The Hall–Kier alpha value is -2.22. The van der Waals surface area contributed by atoms with Crippen molar-refractivity contribution in [1.82, 2.24) is 16.0 Å². The molecule has 0 radical (unpaired) electrons. The molecule has 1 aromatic rings. The molecule has 3 aliphatic rings. The van der Waals surface area contributed by atoms with Gasteiger partial charge in [0.2, 0.25) is 11.8 Å². The van der Waals surface area contributed by atoms with Crippen molar-refractivity contribution in [2.75, 3.05) is 0 Å². The Labute approximate surface area is 171 Å². The second-order valence-electron chi connectivity index (χ2n) is 8.35. The number of amides is 4. The van der Waals surface area contributed by atoms with Gasteiger partial charge in [0.15, 0.2) is 0 Å². The number of halogens is 3. The van der Waals surface area contributed by atoms with Crippen LogP contribution in [-0.4, -0.2) is 23.4 Å². The van der Waals surface area contributed by atoms with Crippen LogP contribution in [0.2, 0.25) is 5.02 Å². The van der Waals surface area contributed by atoms with Crippen LogP contribution in [0.5, 0.6) is 0 Å². The fourth-order valence-corrected chi connectivity index (χ4v) is 5.09. The summed E-state index contributed by atoms with van der Waals surface area (Å²) in [4.78, 5) is 36.1. The largest absolute Gasteiger partial charge is 0.349 e. The third kappa shape index (κ3) is 3.82. The van der Waals surface area contributed by atoms with E-state index in [9.17, 15) is 23.2 Å². The number of rotatable bonds is 4. The minimum Gasteiger partial charge on any atom is -0.349 e. The van der Waals surface area contributed by atoms with Gasteiger partial charge in [0.1, 0.15) is 11.6 Å². The van der Waals surface area contributed by atoms with E-state index < -0.39 is 35.2 Å². The monoisotopic (exact) mass is 425 g/mol. The van der Waals surface area contributed by atoms with Gasteiger partial charge in [-0.3, -0.25) is 14.9 Å². The number of imide groups is 1. The molecule has 1 spiro atoms. The maximum atomic E-state index is 14.7. The van der Waals surface area contributed by atoms with Gasteiger partial charge in [0.05, 0.1) is 23.0 Å². The molecule has 4 rings (SSSR count). The van der Waals surface area contributed by atoms with Crippen molar-refractivity contribution in [1.29, 1.82) is 0 Å². The molecular formula is C20H22ClF2N3O3. The average molecular weight is 426 g/mol. The van der Waals surface area contributed by atoms with Crippen molar-refractivity contribution >= 4 is 29.4 Å². The second-order valence-corrected chi connectivity index (χ2v) is 8.76. The van der Waals surface area contributed by atoms with Gasteiger partial charge in [-0.1, -0.05) is 24.4 Å². The van der Waals surface area contributed by atoms with Gasteiger partial charge in [0, 0.05) is 11.5 Å². The van der Waals surface area contributed by atoms with Crippen molar-refractivity contribution in [3.8, 4) is 0 Å². The standard InChI is InChI=1S/C20H22ClF2N3O3/c21-12-5-6-13(22)15(16(12)23)17(10-3-1-2-4-10)25-18(28)11-7-20(8-11)9-14(27)24-19(29)26-20/h5-6,10-11,17H,1-4,7-9H2,(H,25,28)(H2,24,26,27,29). The lowest BCUT2D eigenvalue weighted by molar-refractivity contribution is -0.135. The van der Waals surface area contributed by atoms with Gasteiger partial charge >= 0.3 is 6.03 Å². The Morgan fingerprint density at radius 1 is 1.21 bits per heavy atom. The summed E-state index contributed by atoms with van der Waals surface area (Å²) < 4.78 is 29.2. The number of urea groups is 1. The van der Waals surface area contributed by atoms with E-state index in [1.54, 1.807) is 0 Å².